The quantitative estimate of drug-likeness (QED) is 0.687. The number of aryl methyl sites for hydroxylation is 1. The van der Waals surface area contributed by atoms with Crippen molar-refractivity contribution in [3.8, 4) is 6.01 Å². The standard InChI is InChI=1S/C11H8BrN3O/c1-7-13-14-11(16-7)15-5-4-8-6-9(12)2-3-10(8)15/h2-6H,1H3. The second kappa shape index (κ2) is 3.45. The summed E-state index contributed by atoms with van der Waals surface area (Å²) in [6, 6.07) is 8.56. The van der Waals surface area contributed by atoms with Gasteiger partial charge in [-0.25, -0.2) is 0 Å². The SMILES string of the molecule is Cc1nnc(-n2ccc3cc(Br)ccc32)o1. The van der Waals surface area contributed by atoms with Crippen LogP contribution in [-0.2, 0) is 0 Å². The second-order valence-corrected chi connectivity index (χ2v) is 4.41. The van der Waals surface area contributed by atoms with Crippen molar-refractivity contribution in [3.63, 3.8) is 0 Å². The molecule has 0 spiro atoms. The third-order valence-corrected chi connectivity index (χ3v) is 2.87. The van der Waals surface area contributed by atoms with Crippen LogP contribution in [0.2, 0.25) is 0 Å². The van der Waals surface area contributed by atoms with E-state index in [9.17, 15) is 0 Å². The van der Waals surface area contributed by atoms with E-state index in [0.717, 1.165) is 15.4 Å². The van der Waals surface area contributed by atoms with Gasteiger partial charge in [0.2, 0.25) is 5.89 Å². The van der Waals surface area contributed by atoms with Gasteiger partial charge in [0.1, 0.15) is 0 Å². The van der Waals surface area contributed by atoms with Crippen LogP contribution in [-0.4, -0.2) is 14.8 Å². The summed E-state index contributed by atoms with van der Waals surface area (Å²) in [4.78, 5) is 0. The number of hydrogen-bond donors (Lipinski definition) is 0. The van der Waals surface area contributed by atoms with E-state index in [1.165, 1.54) is 0 Å². The van der Waals surface area contributed by atoms with Gasteiger partial charge in [0.15, 0.2) is 0 Å². The lowest BCUT2D eigenvalue weighted by Gasteiger charge is -1.98. The maximum Gasteiger partial charge on any atom is 0.327 e. The minimum Gasteiger partial charge on any atom is -0.408 e. The topological polar surface area (TPSA) is 43.9 Å². The van der Waals surface area contributed by atoms with Crippen LogP contribution in [0.4, 0.5) is 0 Å². The van der Waals surface area contributed by atoms with Crippen molar-refractivity contribution in [1.82, 2.24) is 14.8 Å². The molecule has 3 rings (SSSR count). The zero-order valence-corrected chi connectivity index (χ0v) is 10.1. The van der Waals surface area contributed by atoms with Gasteiger partial charge in [-0.05, 0) is 24.3 Å². The fourth-order valence-electron chi connectivity index (χ4n) is 1.66. The van der Waals surface area contributed by atoms with Crippen molar-refractivity contribution < 1.29 is 4.42 Å². The molecule has 80 valence electrons. The Morgan fingerprint density at radius 2 is 2.12 bits per heavy atom. The molecular weight excluding hydrogens is 270 g/mol. The van der Waals surface area contributed by atoms with Crippen LogP contribution < -0.4 is 0 Å². The van der Waals surface area contributed by atoms with E-state index in [4.69, 9.17) is 4.42 Å². The summed E-state index contributed by atoms with van der Waals surface area (Å²) in [7, 11) is 0. The zero-order chi connectivity index (χ0) is 11.1. The molecule has 0 aliphatic rings. The first-order valence-corrected chi connectivity index (χ1v) is 5.60. The number of hydrogen-bond acceptors (Lipinski definition) is 3. The van der Waals surface area contributed by atoms with Crippen molar-refractivity contribution >= 4 is 26.8 Å². The first-order valence-electron chi connectivity index (χ1n) is 4.81. The van der Waals surface area contributed by atoms with Crippen LogP contribution >= 0.6 is 15.9 Å². The van der Waals surface area contributed by atoms with Crippen molar-refractivity contribution in [2.24, 2.45) is 0 Å². The van der Waals surface area contributed by atoms with Gasteiger partial charge in [-0.2, -0.15) is 0 Å². The molecule has 0 saturated carbocycles. The van der Waals surface area contributed by atoms with E-state index in [0.29, 0.717) is 11.9 Å². The van der Waals surface area contributed by atoms with Crippen LogP contribution in [0.1, 0.15) is 5.89 Å². The average molecular weight is 278 g/mol. The molecule has 0 amide bonds. The number of rotatable bonds is 1. The summed E-state index contributed by atoms with van der Waals surface area (Å²) in [5.41, 5.74) is 1.05. The van der Waals surface area contributed by atoms with E-state index in [1.807, 2.05) is 29.0 Å². The molecule has 0 N–H and O–H groups in total. The first kappa shape index (κ1) is 9.59. The van der Waals surface area contributed by atoms with Gasteiger partial charge in [-0.3, -0.25) is 4.57 Å². The molecular formula is C11H8BrN3O. The monoisotopic (exact) mass is 277 g/mol. The lowest BCUT2D eigenvalue weighted by atomic mass is 10.2. The maximum atomic E-state index is 5.40. The van der Waals surface area contributed by atoms with Crippen LogP contribution in [0.5, 0.6) is 0 Å². The van der Waals surface area contributed by atoms with Gasteiger partial charge >= 0.3 is 6.01 Å². The summed E-state index contributed by atoms with van der Waals surface area (Å²) >= 11 is 3.44. The third kappa shape index (κ3) is 1.44. The van der Waals surface area contributed by atoms with Gasteiger partial charge in [0, 0.05) is 23.0 Å². The third-order valence-electron chi connectivity index (χ3n) is 2.37. The Hall–Kier alpha value is -1.62. The number of nitrogens with zero attached hydrogens (tertiary/aromatic N) is 3. The van der Waals surface area contributed by atoms with Crippen LogP contribution in [0.25, 0.3) is 16.9 Å². The zero-order valence-electron chi connectivity index (χ0n) is 8.51. The molecule has 0 aliphatic carbocycles. The van der Waals surface area contributed by atoms with Gasteiger partial charge in [0.25, 0.3) is 0 Å². The maximum absolute atomic E-state index is 5.40. The predicted molar refractivity (Wildman–Crippen MR) is 63.6 cm³/mol. The Labute approximate surface area is 100 Å². The Kier molecular flexibility index (Phi) is 2.07. The van der Waals surface area contributed by atoms with E-state index in [2.05, 4.69) is 32.2 Å². The molecule has 0 fully saturated rings. The molecule has 4 nitrogen and oxygen atoms in total. The molecule has 2 aromatic heterocycles. The second-order valence-electron chi connectivity index (χ2n) is 3.49. The highest BCUT2D eigenvalue weighted by molar-refractivity contribution is 9.10. The molecule has 5 heteroatoms. The number of halogens is 1. The minimum atomic E-state index is 0.495. The van der Waals surface area contributed by atoms with Gasteiger partial charge < -0.3 is 4.42 Å². The van der Waals surface area contributed by atoms with Gasteiger partial charge in [-0.1, -0.05) is 21.0 Å². The first-order chi connectivity index (χ1) is 7.74. The van der Waals surface area contributed by atoms with Crippen LogP contribution in [0.15, 0.2) is 39.4 Å². The summed E-state index contributed by atoms with van der Waals surface area (Å²) in [5.74, 6) is 0.564. The van der Waals surface area contributed by atoms with Crippen molar-refractivity contribution in [1.29, 1.82) is 0 Å². The molecule has 3 aromatic rings. The summed E-state index contributed by atoms with van der Waals surface area (Å²) in [6.45, 7) is 1.78. The summed E-state index contributed by atoms with van der Waals surface area (Å²) < 4.78 is 8.33. The Morgan fingerprint density at radius 3 is 2.88 bits per heavy atom. The fraction of sp³-hybridized carbons (Fsp3) is 0.0909. The highest BCUT2D eigenvalue weighted by Crippen LogP contribution is 2.23. The highest BCUT2D eigenvalue weighted by atomic mass is 79.9. The number of fused-ring (bicyclic) bond motifs is 1. The Bertz CT molecular complexity index is 656. The van der Waals surface area contributed by atoms with Gasteiger partial charge in [0.05, 0.1) is 5.52 Å². The molecule has 1 aromatic carbocycles. The van der Waals surface area contributed by atoms with Crippen molar-refractivity contribution in [2.75, 3.05) is 0 Å². The van der Waals surface area contributed by atoms with Crippen molar-refractivity contribution in [3.05, 3.63) is 40.8 Å². The lowest BCUT2D eigenvalue weighted by molar-refractivity contribution is 0.499. The normalized spacial score (nSPS) is 11.1. The van der Waals surface area contributed by atoms with E-state index < -0.39 is 0 Å². The molecule has 0 saturated heterocycles. The summed E-state index contributed by atoms with van der Waals surface area (Å²) in [5, 5.41) is 8.95. The highest BCUT2D eigenvalue weighted by Gasteiger charge is 2.08. The molecule has 16 heavy (non-hydrogen) atoms. The molecule has 0 aliphatic heterocycles. The minimum absolute atomic E-state index is 0.495. The Morgan fingerprint density at radius 1 is 1.25 bits per heavy atom. The molecule has 2 heterocycles. The lowest BCUT2D eigenvalue weighted by Crippen LogP contribution is -1.91. The fourth-order valence-corrected chi connectivity index (χ4v) is 2.04. The van der Waals surface area contributed by atoms with Crippen LogP contribution in [0, 0.1) is 6.92 Å². The summed E-state index contributed by atoms with van der Waals surface area (Å²) in [6.07, 6.45) is 1.92. The van der Waals surface area contributed by atoms with E-state index in [1.54, 1.807) is 6.92 Å². The molecule has 0 radical (unpaired) electrons. The number of benzene rings is 1. The molecule has 0 bridgehead atoms. The number of aromatic nitrogens is 3. The Balaban J connectivity index is 2.25. The largest absolute Gasteiger partial charge is 0.408 e. The predicted octanol–water partition coefficient (Wildman–Crippen LogP) is 3.08. The van der Waals surface area contributed by atoms with E-state index >= 15 is 0 Å². The molecule has 0 atom stereocenters. The average Bonchev–Trinajstić information content (AvgIpc) is 2.83. The van der Waals surface area contributed by atoms with Crippen LogP contribution in [0.3, 0.4) is 0 Å². The van der Waals surface area contributed by atoms with E-state index in [-0.39, 0.29) is 0 Å². The van der Waals surface area contributed by atoms with Crippen molar-refractivity contribution in [2.45, 2.75) is 6.92 Å². The van der Waals surface area contributed by atoms with Gasteiger partial charge in [-0.15, -0.1) is 5.10 Å². The smallest absolute Gasteiger partial charge is 0.327 e. The molecule has 0 unspecified atom stereocenters.